The van der Waals surface area contributed by atoms with E-state index >= 15 is 0 Å². The van der Waals surface area contributed by atoms with Crippen molar-refractivity contribution >= 4 is 28.5 Å². The number of Topliss-reactive ketones (excluding diaryl/α,β-unsaturated/α-hetero) is 1. The average molecular weight is 377 g/mol. The van der Waals surface area contributed by atoms with Gasteiger partial charge in [0.1, 0.15) is 11.4 Å². The van der Waals surface area contributed by atoms with Crippen molar-refractivity contribution in [2.75, 3.05) is 18.0 Å². The van der Waals surface area contributed by atoms with Crippen molar-refractivity contribution in [2.24, 2.45) is 5.92 Å². The molecule has 2 aliphatic rings. The van der Waals surface area contributed by atoms with E-state index in [-0.39, 0.29) is 17.3 Å². The summed E-state index contributed by atoms with van der Waals surface area (Å²) in [7, 11) is 0. The molecule has 0 aliphatic carbocycles. The van der Waals surface area contributed by atoms with Crippen LogP contribution in [0.2, 0.25) is 0 Å². The van der Waals surface area contributed by atoms with Crippen molar-refractivity contribution in [3.05, 3.63) is 57.5 Å². The molecule has 146 valence electrons. The van der Waals surface area contributed by atoms with Gasteiger partial charge in [0, 0.05) is 35.6 Å². The van der Waals surface area contributed by atoms with E-state index in [0.29, 0.717) is 12.0 Å². The van der Waals surface area contributed by atoms with Crippen molar-refractivity contribution in [3.8, 4) is 0 Å². The fourth-order valence-corrected chi connectivity index (χ4v) is 4.53. The highest BCUT2D eigenvalue weighted by Gasteiger charge is 2.26. The lowest BCUT2D eigenvalue weighted by Gasteiger charge is -2.37. The number of aryl methyl sites for hydroxylation is 2. The van der Waals surface area contributed by atoms with Gasteiger partial charge < -0.3 is 9.32 Å². The second kappa shape index (κ2) is 7.78. The number of nitrogens with zero attached hydrogens (tertiary/aromatic N) is 1. The van der Waals surface area contributed by atoms with E-state index in [0.717, 1.165) is 43.3 Å². The van der Waals surface area contributed by atoms with Crippen molar-refractivity contribution in [1.29, 1.82) is 0 Å². The molecular formula is C24H27NO3. The summed E-state index contributed by atoms with van der Waals surface area (Å²) in [6, 6.07) is 4.14. The SMILES string of the molecule is C/C=C\C(C/C=C/c1cc2cc3c4c(c2oc1=O)CCCN4CCC3)C(C)=O. The minimum atomic E-state index is -0.307. The minimum Gasteiger partial charge on any atom is -0.422 e. The topological polar surface area (TPSA) is 50.5 Å². The maximum atomic E-state index is 12.6. The molecule has 28 heavy (non-hydrogen) atoms. The van der Waals surface area contributed by atoms with Gasteiger partial charge in [0.05, 0.1) is 5.56 Å². The molecule has 0 spiro atoms. The highest BCUT2D eigenvalue weighted by molar-refractivity contribution is 5.89. The number of allylic oxidation sites excluding steroid dienone is 3. The summed E-state index contributed by atoms with van der Waals surface area (Å²) in [6.45, 7) is 5.70. The summed E-state index contributed by atoms with van der Waals surface area (Å²) in [6.07, 6.45) is 12.4. The Balaban J connectivity index is 1.71. The molecule has 0 saturated carbocycles. The standard InChI is InChI=1S/C24H27NO3/c1-3-7-17(16(2)26)8-4-9-19-15-20-14-18-10-5-12-25-13-6-11-21(22(18)25)23(20)28-24(19)27/h3-4,7,9,14-15,17H,5-6,8,10-13H2,1-2H3/b7-3-,9-4+. The molecule has 4 heteroatoms. The molecular weight excluding hydrogens is 350 g/mol. The summed E-state index contributed by atoms with van der Waals surface area (Å²) in [5.41, 5.74) is 4.89. The Labute approximate surface area is 165 Å². The van der Waals surface area contributed by atoms with Crippen LogP contribution in [0.4, 0.5) is 5.69 Å². The van der Waals surface area contributed by atoms with Crippen molar-refractivity contribution in [3.63, 3.8) is 0 Å². The molecule has 2 aliphatic heterocycles. The van der Waals surface area contributed by atoms with E-state index in [1.165, 1.54) is 23.2 Å². The van der Waals surface area contributed by atoms with Gasteiger partial charge in [-0.05, 0) is 63.6 Å². The molecule has 0 bridgehead atoms. The maximum Gasteiger partial charge on any atom is 0.343 e. The largest absolute Gasteiger partial charge is 0.422 e. The van der Waals surface area contributed by atoms with Crippen molar-refractivity contribution in [2.45, 2.75) is 46.0 Å². The summed E-state index contributed by atoms with van der Waals surface area (Å²) in [5.74, 6) is -0.0141. The van der Waals surface area contributed by atoms with Gasteiger partial charge in [0.15, 0.2) is 0 Å². The van der Waals surface area contributed by atoms with Crippen LogP contribution in [0.1, 0.15) is 49.8 Å². The number of rotatable bonds is 5. The molecule has 1 aromatic carbocycles. The summed E-state index contributed by atoms with van der Waals surface area (Å²) in [5, 5.41) is 1.01. The Morgan fingerprint density at radius 1 is 1.25 bits per heavy atom. The first-order chi connectivity index (χ1) is 13.6. The number of anilines is 1. The smallest absolute Gasteiger partial charge is 0.343 e. The summed E-state index contributed by atoms with van der Waals surface area (Å²) < 4.78 is 5.80. The zero-order chi connectivity index (χ0) is 19.7. The molecule has 2 aromatic rings. The van der Waals surface area contributed by atoms with Crippen LogP contribution in [0.3, 0.4) is 0 Å². The molecule has 4 nitrogen and oxygen atoms in total. The summed E-state index contributed by atoms with van der Waals surface area (Å²) >= 11 is 0. The molecule has 1 aromatic heterocycles. The highest BCUT2D eigenvalue weighted by Crippen LogP contribution is 2.39. The predicted molar refractivity (Wildman–Crippen MR) is 114 cm³/mol. The van der Waals surface area contributed by atoms with Crippen LogP contribution in [0.15, 0.2) is 39.6 Å². The number of carbonyl (C=O) groups excluding carboxylic acids is 1. The van der Waals surface area contributed by atoms with E-state index < -0.39 is 0 Å². The van der Waals surface area contributed by atoms with Crippen LogP contribution in [0, 0.1) is 5.92 Å². The van der Waals surface area contributed by atoms with Gasteiger partial charge in [0.25, 0.3) is 0 Å². The second-order valence-electron chi connectivity index (χ2n) is 7.85. The summed E-state index contributed by atoms with van der Waals surface area (Å²) in [4.78, 5) is 26.7. The quantitative estimate of drug-likeness (QED) is 0.561. The molecule has 4 rings (SSSR count). The van der Waals surface area contributed by atoms with Crippen LogP contribution in [0.25, 0.3) is 17.0 Å². The third-order valence-corrected chi connectivity index (χ3v) is 5.88. The lowest BCUT2D eigenvalue weighted by atomic mass is 9.90. The van der Waals surface area contributed by atoms with E-state index in [1.807, 2.05) is 31.2 Å². The third kappa shape index (κ3) is 3.44. The number of hydrogen-bond donors (Lipinski definition) is 0. The normalized spacial score (nSPS) is 17.4. The van der Waals surface area contributed by atoms with E-state index in [1.54, 1.807) is 13.0 Å². The first kappa shape index (κ1) is 18.7. The molecule has 0 fully saturated rings. The number of ketones is 1. The molecule has 0 N–H and O–H groups in total. The zero-order valence-corrected chi connectivity index (χ0v) is 16.7. The van der Waals surface area contributed by atoms with Crippen LogP contribution in [-0.2, 0) is 17.6 Å². The fraction of sp³-hybridized carbons (Fsp3) is 0.417. The van der Waals surface area contributed by atoms with Gasteiger partial charge in [-0.2, -0.15) is 0 Å². The van der Waals surface area contributed by atoms with Crippen molar-refractivity contribution in [1.82, 2.24) is 0 Å². The monoisotopic (exact) mass is 377 g/mol. The molecule has 1 unspecified atom stereocenters. The number of fused-ring (bicyclic) bond motifs is 2. The Kier molecular flexibility index (Phi) is 5.21. The first-order valence-electron chi connectivity index (χ1n) is 10.3. The van der Waals surface area contributed by atoms with Crippen LogP contribution >= 0.6 is 0 Å². The van der Waals surface area contributed by atoms with Gasteiger partial charge in [-0.15, -0.1) is 0 Å². The fourth-order valence-electron chi connectivity index (χ4n) is 4.53. The Morgan fingerprint density at radius 2 is 2.04 bits per heavy atom. The van der Waals surface area contributed by atoms with Crippen molar-refractivity contribution < 1.29 is 9.21 Å². The van der Waals surface area contributed by atoms with E-state index in [4.69, 9.17) is 4.42 Å². The minimum absolute atomic E-state index is 0.128. The van der Waals surface area contributed by atoms with Gasteiger partial charge in [-0.25, -0.2) is 4.79 Å². The molecule has 0 radical (unpaired) electrons. The van der Waals surface area contributed by atoms with Crippen LogP contribution in [0.5, 0.6) is 0 Å². The van der Waals surface area contributed by atoms with E-state index in [2.05, 4.69) is 11.0 Å². The van der Waals surface area contributed by atoms with Gasteiger partial charge in [-0.3, -0.25) is 4.79 Å². The van der Waals surface area contributed by atoms with Gasteiger partial charge in [0.2, 0.25) is 0 Å². The molecule has 0 saturated heterocycles. The molecule has 1 atom stereocenters. The second-order valence-corrected chi connectivity index (χ2v) is 7.85. The lowest BCUT2D eigenvalue weighted by Crippen LogP contribution is -2.34. The van der Waals surface area contributed by atoms with E-state index in [9.17, 15) is 9.59 Å². The van der Waals surface area contributed by atoms with Gasteiger partial charge in [-0.1, -0.05) is 24.3 Å². The zero-order valence-electron chi connectivity index (χ0n) is 16.7. The molecule has 3 heterocycles. The molecule has 0 amide bonds. The number of carbonyl (C=O) groups is 1. The maximum absolute atomic E-state index is 12.6. The van der Waals surface area contributed by atoms with Crippen LogP contribution in [-0.4, -0.2) is 18.9 Å². The Morgan fingerprint density at radius 3 is 2.79 bits per heavy atom. The predicted octanol–water partition coefficient (Wildman–Crippen LogP) is 4.68. The highest BCUT2D eigenvalue weighted by atomic mass is 16.4. The third-order valence-electron chi connectivity index (χ3n) is 5.88. The lowest BCUT2D eigenvalue weighted by molar-refractivity contribution is -0.119. The Bertz CT molecular complexity index is 1030. The Hall–Kier alpha value is -2.62. The number of benzene rings is 1. The van der Waals surface area contributed by atoms with Crippen LogP contribution < -0.4 is 10.5 Å². The average Bonchev–Trinajstić information content (AvgIpc) is 2.68. The number of hydrogen-bond acceptors (Lipinski definition) is 4. The first-order valence-corrected chi connectivity index (χ1v) is 10.3. The van der Waals surface area contributed by atoms with Gasteiger partial charge >= 0.3 is 5.63 Å².